The first-order chi connectivity index (χ1) is 8.19. The van der Waals surface area contributed by atoms with Crippen LogP contribution in [0, 0.1) is 0 Å². The zero-order valence-electron chi connectivity index (χ0n) is 10.2. The molecule has 4 heteroatoms. The monoisotopic (exact) mass is 299 g/mol. The van der Waals surface area contributed by atoms with E-state index >= 15 is 0 Å². The number of hydrogen-bond donors (Lipinski definition) is 2. The lowest BCUT2D eigenvalue weighted by atomic mass is 10.0. The average molecular weight is 300 g/mol. The van der Waals surface area contributed by atoms with E-state index < -0.39 is 6.10 Å². The molecule has 17 heavy (non-hydrogen) atoms. The van der Waals surface area contributed by atoms with Crippen LogP contribution >= 0.6 is 15.9 Å². The lowest BCUT2D eigenvalue weighted by Gasteiger charge is -2.18. The topological polar surface area (TPSA) is 41.5 Å². The highest BCUT2D eigenvalue weighted by atomic mass is 79.9. The fourth-order valence-electron chi connectivity index (χ4n) is 2.45. The summed E-state index contributed by atoms with van der Waals surface area (Å²) in [4.78, 5) is 0. The Balaban J connectivity index is 2.47. The van der Waals surface area contributed by atoms with Gasteiger partial charge in [-0.25, -0.2) is 0 Å². The second-order valence-corrected chi connectivity index (χ2v) is 5.17. The van der Waals surface area contributed by atoms with E-state index in [1.165, 1.54) is 17.5 Å². The maximum Gasteiger partial charge on any atom is 0.139 e. The van der Waals surface area contributed by atoms with Gasteiger partial charge in [-0.2, -0.15) is 0 Å². The van der Waals surface area contributed by atoms with Gasteiger partial charge in [-0.1, -0.05) is 0 Å². The predicted octanol–water partition coefficient (Wildman–Crippen LogP) is 2.20. The molecule has 0 aliphatic heterocycles. The maximum atomic E-state index is 10.1. The first-order valence-electron chi connectivity index (χ1n) is 5.89. The number of ether oxygens (including phenoxy) is 1. The highest BCUT2D eigenvalue weighted by molar-refractivity contribution is 9.10. The van der Waals surface area contributed by atoms with Gasteiger partial charge in [-0.15, -0.1) is 0 Å². The molecule has 0 saturated heterocycles. The number of halogens is 1. The van der Waals surface area contributed by atoms with Crippen molar-refractivity contribution in [1.29, 1.82) is 0 Å². The summed E-state index contributed by atoms with van der Waals surface area (Å²) in [6.07, 6.45) is 2.84. The van der Waals surface area contributed by atoms with Crippen LogP contribution in [0.5, 0.6) is 5.75 Å². The van der Waals surface area contributed by atoms with Gasteiger partial charge in [0.05, 0.1) is 17.7 Å². The maximum absolute atomic E-state index is 10.1. The number of fused-ring (bicyclic) bond motifs is 1. The third-order valence-corrected chi connectivity index (χ3v) is 4.12. The Hall–Kier alpha value is -0.580. The molecule has 1 unspecified atom stereocenters. The van der Waals surface area contributed by atoms with Crippen molar-refractivity contribution >= 4 is 15.9 Å². The summed E-state index contributed by atoms with van der Waals surface area (Å²) in [5.41, 5.74) is 3.54. The van der Waals surface area contributed by atoms with Gasteiger partial charge in [0.25, 0.3) is 0 Å². The van der Waals surface area contributed by atoms with Crippen LogP contribution in [0.1, 0.15) is 29.2 Å². The van der Waals surface area contributed by atoms with Crippen molar-refractivity contribution in [2.75, 3.05) is 20.7 Å². The molecule has 1 aliphatic carbocycles. The second kappa shape index (κ2) is 5.38. The molecule has 3 nitrogen and oxygen atoms in total. The van der Waals surface area contributed by atoms with E-state index in [9.17, 15) is 5.11 Å². The second-order valence-electron chi connectivity index (χ2n) is 4.38. The fraction of sp³-hybridized carbons (Fsp3) is 0.538. The molecule has 0 saturated carbocycles. The minimum atomic E-state index is -0.530. The van der Waals surface area contributed by atoms with Crippen LogP contribution in [0.15, 0.2) is 10.5 Å². The lowest BCUT2D eigenvalue weighted by Crippen LogP contribution is -2.17. The molecule has 0 radical (unpaired) electrons. The van der Waals surface area contributed by atoms with E-state index in [0.717, 1.165) is 28.6 Å². The number of aryl methyl sites for hydroxylation is 1. The standard InChI is InChI=1S/C13H18BrNO2/c1-15-7-11(16)10-6-8-4-3-5-9(8)12(14)13(10)17-2/h6,11,15-16H,3-5,7H2,1-2H3. The van der Waals surface area contributed by atoms with E-state index in [1.54, 1.807) is 7.11 Å². The first-order valence-corrected chi connectivity index (χ1v) is 6.69. The molecule has 0 heterocycles. The quantitative estimate of drug-likeness (QED) is 0.896. The number of hydrogen-bond acceptors (Lipinski definition) is 3. The Morgan fingerprint density at radius 1 is 1.53 bits per heavy atom. The zero-order valence-corrected chi connectivity index (χ0v) is 11.8. The van der Waals surface area contributed by atoms with Gasteiger partial charge in [0.2, 0.25) is 0 Å². The molecule has 2 N–H and O–H groups in total. The summed E-state index contributed by atoms with van der Waals surface area (Å²) in [6, 6.07) is 2.09. The summed E-state index contributed by atoms with van der Waals surface area (Å²) in [5.74, 6) is 0.772. The Bertz CT molecular complexity index is 420. The van der Waals surface area contributed by atoms with Crippen molar-refractivity contribution in [3.05, 3.63) is 27.2 Å². The van der Waals surface area contributed by atoms with Crippen molar-refractivity contribution in [2.45, 2.75) is 25.4 Å². The molecular weight excluding hydrogens is 282 g/mol. The molecule has 1 atom stereocenters. The molecule has 94 valence electrons. The number of nitrogens with one attached hydrogen (secondary N) is 1. The van der Waals surface area contributed by atoms with E-state index in [-0.39, 0.29) is 0 Å². The molecule has 0 bridgehead atoms. The fourth-order valence-corrected chi connectivity index (χ4v) is 3.30. The van der Waals surface area contributed by atoms with Crippen LogP contribution in [0.4, 0.5) is 0 Å². The van der Waals surface area contributed by atoms with Gasteiger partial charge in [0, 0.05) is 12.1 Å². The Morgan fingerprint density at radius 3 is 2.94 bits per heavy atom. The third-order valence-electron chi connectivity index (χ3n) is 3.28. The number of rotatable bonds is 4. The number of benzene rings is 1. The van der Waals surface area contributed by atoms with Gasteiger partial charge in [-0.05, 0) is 59.4 Å². The Labute approximate surface area is 110 Å². The molecule has 1 aromatic rings. The van der Waals surface area contributed by atoms with Gasteiger partial charge < -0.3 is 15.2 Å². The number of likely N-dealkylation sites (N-methyl/N-ethyl adjacent to an activating group) is 1. The normalized spacial score (nSPS) is 15.8. The summed E-state index contributed by atoms with van der Waals surface area (Å²) in [5, 5.41) is 13.1. The molecule has 0 amide bonds. The van der Waals surface area contributed by atoms with Crippen LogP contribution in [-0.4, -0.2) is 25.8 Å². The molecule has 1 aliphatic rings. The van der Waals surface area contributed by atoms with Crippen LogP contribution in [-0.2, 0) is 12.8 Å². The highest BCUT2D eigenvalue weighted by Gasteiger charge is 2.23. The van der Waals surface area contributed by atoms with Gasteiger partial charge >= 0.3 is 0 Å². The summed E-state index contributed by atoms with van der Waals surface area (Å²) >= 11 is 3.61. The van der Waals surface area contributed by atoms with E-state index in [2.05, 4.69) is 27.3 Å². The third kappa shape index (κ3) is 2.34. The summed E-state index contributed by atoms with van der Waals surface area (Å²) in [6.45, 7) is 0.529. The van der Waals surface area contributed by atoms with Gasteiger partial charge in [0.15, 0.2) is 0 Å². The first kappa shape index (κ1) is 12.9. The predicted molar refractivity (Wildman–Crippen MR) is 71.6 cm³/mol. The number of aliphatic hydroxyl groups is 1. The molecule has 0 fully saturated rings. The molecule has 1 aromatic carbocycles. The van der Waals surface area contributed by atoms with Crippen molar-refractivity contribution in [2.24, 2.45) is 0 Å². The largest absolute Gasteiger partial charge is 0.495 e. The van der Waals surface area contributed by atoms with Crippen LogP contribution in [0.2, 0.25) is 0 Å². The van der Waals surface area contributed by atoms with Crippen molar-refractivity contribution < 1.29 is 9.84 Å². The smallest absolute Gasteiger partial charge is 0.139 e. The molecular formula is C13H18BrNO2. The highest BCUT2D eigenvalue weighted by Crippen LogP contribution is 2.41. The minimum absolute atomic E-state index is 0.529. The average Bonchev–Trinajstić information content (AvgIpc) is 2.77. The van der Waals surface area contributed by atoms with Crippen LogP contribution in [0.25, 0.3) is 0 Å². The van der Waals surface area contributed by atoms with Gasteiger partial charge in [-0.3, -0.25) is 0 Å². The molecule has 2 rings (SSSR count). The van der Waals surface area contributed by atoms with Crippen molar-refractivity contribution in [3.63, 3.8) is 0 Å². The van der Waals surface area contributed by atoms with E-state index in [1.807, 2.05) is 7.05 Å². The molecule has 0 aromatic heterocycles. The number of methoxy groups -OCH3 is 1. The number of aliphatic hydroxyl groups excluding tert-OH is 1. The summed E-state index contributed by atoms with van der Waals surface area (Å²) < 4.78 is 6.45. The van der Waals surface area contributed by atoms with E-state index in [0.29, 0.717) is 6.54 Å². The molecule has 0 spiro atoms. The lowest BCUT2D eigenvalue weighted by molar-refractivity contribution is 0.173. The Kier molecular flexibility index (Phi) is 4.07. The summed E-state index contributed by atoms with van der Waals surface area (Å²) in [7, 11) is 3.48. The van der Waals surface area contributed by atoms with E-state index in [4.69, 9.17) is 4.74 Å². The van der Waals surface area contributed by atoms with Crippen molar-refractivity contribution in [1.82, 2.24) is 5.32 Å². The Morgan fingerprint density at radius 2 is 2.29 bits per heavy atom. The van der Waals surface area contributed by atoms with Crippen LogP contribution in [0.3, 0.4) is 0 Å². The SMILES string of the molecule is CNCC(O)c1cc2c(c(Br)c1OC)CCC2. The minimum Gasteiger partial charge on any atom is -0.495 e. The van der Waals surface area contributed by atoms with Crippen LogP contribution < -0.4 is 10.1 Å². The van der Waals surface area contributed by atoms with Gasteiger partial charge in [0.1, 0.15) is 5.75 Å². The zero-order chi connectivity index (χ0) is 12.4. The van der Waals surface area contributed by atoms with Crippen molar-refractivity contribution in [3.8, 4) is 5.75 Å².